The zero-order valence-electron chi connectivity index (χ0n) is 11.7. The molecule has 1 saturated heterocycles. The van der Waals surface area contributed by atoms with Crippen LogP contribution in [0.3, 0.4) is 0 Å². The summed E-state index contributed by atoms with van der Waals surface area (Å²) in [6, 6.07) is 1.03. The quantitative estimate of drug-likeness (QED) is 0.650. The van der Waals surface area contributed by atoms with Gasteiger partial charge in [0.1, 0.15) is 0 Å². The first-order chi connectivity index (χ1) is 9.99. The first kappa shape index (κ1) is 15.2. The van der Waals surface area contributed by atoms with Gasteiger partial charge < -0.3 is 14.7 Å². The maximum absolute atomic E-state index is 11.1. The maximum atomic E-state index is 11.1. The van der Waals surface area contributed by atoms with Crippen LogP contribution >= 0.6 is 0 Å². The minimum Gasteiger partial charge on any atom is -0.478 e. The highest BCUT2D eigenvalue weighted by Gasteiger charge is 2.24. The molecular weight excluding hydrogens is 278 g/mol. The Kier molecular flexibility index (Phi) is 4.69. The molecule has 0 aromatic carbocycles. The van der Waals surface area contributed by atoms with Crippen molar-refractivity contribution in [1.29, 1.82) is 0 Å². The molecule has 8 heteroatoms. The van der Waals surface area contributed by atoms with Crippen LogP contribution in [0.15, 0.2) is 12.3 Å². The van der Waals surface area contributed by atoms with Crippen LogP contribution in [0.4, 0.5) is 11.5 Å². The highest BCUT2D eigenvalue weighted by atomic mass is 16.6. The van der Waals surface area contributed by atoms with Gasteiger partial charge in [0, 0.05) is 32.5 Å². The molecule has 0 saturated carbocycles. The maximum Gasteiger partial charge on any atom is 0.337 e. The molecule has 0 amide bonds. The van der Waals surface area contributed by atoms with E-state index in [9.17, 15) is 14.9 Å². The lowest BCUT2D eigenvalue weighted by atomic mass is 10.1. The van der Waals surface area contributed by atoms with E-state index in [1.807, 2.05) is 0 Å². The minimum atomic E-state index is -1.24. The minimum absolute atomic E-state index is 0.0179. The molecule has 2 heterocycles. The lowest BCUT2D eigenvalue weighted by Crippen LogP contribution is -2.34. The number of nitrogens with zero attached hydrogens (tertiary/aromatic N) is 3. The van der Waals surface area contributed by atoms with Crippen LogP contribution in [0, 0.1) is 10.1 Å². The van der Waals surface area contributed by atoms with E-state index in [1.165, 1.54) is 0 Å². The van der Waals surface area contributed by atoms with Gasteiger partial charge in [0.15, 0.2) is 0 Å². The SMILES string of the molecule is CN(CC1CCCCO1)c1ncc(C(=O)O)cc1[N+](=O)[O-]. The predicted molar refractivity (Wildman–Crippen MR) is 74.7 cm³/mol. The number of likely N-dealkylation sites (N-methyl/N-ethyl adjacent to an activating group) is 1. The fraction of sp³-hybridized carbons (Fsp3) is 0.538. The van der Waals surface area contributed by atoms with Crippen LogP contribution < -0.4 is 4.90 Å². The number of carbonyl (C=O) groups is 1. The molecule has 0 radical (unpaired) electrons. The van der Waals surface area contributed by atoms with Crippen LogP contribution in [0.1, 0.15) is 29.6 Å². The van der Waals surface area contributed by atoms with Crippen LogP contribution in [0.2, 0.25) is 0 Å². The summed E-state index contributed by atoms with van der Waals surface area (Å²) in [7, 11) is 1.69. The molecule has 114 valence electrons. The Morgan fingerprint density at radius 2 is 2.38 bits per heavy atom. The van der Waals surface area contributed by atoms with Crippen molar-refractivity contribution in [2.45, 2.75) is 25.4 Å². The predicted octanol–water partition coefficient (Wildman–Crippen LogP) is 1.69. The largest absolute Gasteiger partial charge is 0.478 e. The van der Waals surface area contributed by atoms with Gasteiger partial charge in [-0.2, -0.15) is 0 Å². The molecule has 2 rings (SSSR count). The van der Waals surface area contributed by atoms with Crippen LogP contribution in [-0.2, 0) is 4.74 Å². The number of hydrogen-bond acceptors (Lipinski definition) is 6. The number of hydrogen-bond donors (Lipinski definition) is 1. The summed E-state index contributed by atoms with van der Waals surface area (Å²) in [4.78, 5) is 26.9. The lowest BCUT2D eigenvalue weighted by molar-refractivity contribution is -0.384. The van der Waals surface area contributed by atoms with Crippen molar-refractivity contribution in [2.75, 3.05) is 25.1 Å². The molecule has 1 fully saturated rings. The lowest BCUT2D eigenvalue weighted by Gasteiger charge is -2.27. The molecule has 8 nitrogen and oxygen atoms in total. The normalized spacial score (nSPS) is 18.2. The smallest absolute Gasteiger partial charge is 0.337 e. The number of carboxylic acid groups (broad SMARTS) is 1. The van der Waals surface area contributed by atoms with E-state index < -0.39 is 10.9 Å². The second-order valence-corrected chi connectivity index (χ2v) is 5.00. The third kappa shape index (κ3) is 3.66. The van der Waals surface area contributed by atoms with E-state index in [0.717, 1.165) is 31.5 Å². The summed E-state index contributed by atoms with van der Waals surface area (Å²) in [6.45, 7) is 1.19. The number of carboxylic acids is 1. The number of nitro groups is 1. The Bertz CT molecular complexity index is 543. The summed E-state index contributed by atoms with van der Waals surface area (Å²) >= 11 is 0. The van der Waals surface area contributed by atoms with Gasteiger partial charge in [0.25, 0.3) is 0 Å². The molecule has 21 heavy (non-hydrogen) atoms. The van der Waals surface area contributed by atoms with E-state index >= 15 is 0 Å². The third-order valence-corrected chi connectivity index (χ3v) is 3.40. The summed E-state index contributed by atoms with van der Waals surface area (Å²) in [5.74, 6) is -1.09. The summed E-state index contributed by atoms with van der Waals surface area (Å²) in [5, 5.41) is 20.0. The van der Waals surface area contributed by atoms with Crippen molar-refractivity contribution in [3.8, 4) is 0 Å². The fourth-order valence-electron chi connectivity index (χ4n) is 2.33. The van der Waals surface area contributed by atoms with Crippen molar-refractivity contribution in [1.82, 2.24) is 4.98 Å². The first-order valence-corrected chi connectivity index (χ1v) is 6.69. The molecular formula is C13H17N3O5. The molecule has 1 aromatic heterocycles. The molecule has 1 atom stereocenters. The van der Waals surface area contributed by atoms with Crippen molar-refractivity contribution >= 4 is 17.5 Å². The molecule has 1 unspecified atom stereocenters. The molecule has 0 spiro atoms. The van der Waals surface area contributed by atoms with Crippen LogP contribution in [0.5, 0.6) is 0 Å². The second kappa shape index (κ2) is 6.49. The number of rotatable bonds is 5. The van der Waals surface area contributed by atoms with Gasteiger partial charge in [-0.15, -0.1) is 0 Å². The zero-order valence-corrected chi connectivity index (χ0v) is 11.7. The number of pyridine rings is 1. The standard InChI is InChI=1S/C13H17N3O5/c1-15(8-10-4-2-3-5-21-10)12-11(16(19)20)6-9(7-14-12)13(17)18/h6-7,10H,2-5,8H2,1H3,(H,17,18). The average Bonchev–Trinajstić information content (AvgIpc) is 2.47. The van der Waals surface area contributed by atoms with Gasteiger partial charge in [0.05, 0.1) is 16.6 Å². The molecule has 0 bridgehead atoms. The highest BCUT2D eigenvalue weighted by molar-refractivity contribution is 5.88. The van der Waals surface area contributed by atoms with Gasteiger partial charge in [-0.05, 0) is 19.3 Å². The Hall–Kier alpha value is -2.22. The topological polar surface area (TPSA) is 106 Å². The second-order valence-electron chi connectivity index (χ2n) is 5.00. The number of ether oxygens (including phenoxy) is 1. The van der Waals surface area contributed by atoms with Crippen LogP contribution in [-0.4, -0.2) is 47.3 Å². The molecule has 1 aliphatic rings. The Balaban J connectivity index is 2.20. The number of anilines is 1. The van der Waals surface area contributed by atoms with Crippen molar-refractivity contribution in [3.05, 3.63) is 27.9 Å². The van der Waals surface area contributed by atoms with Gasteiger partial charge in [-0.3, -0.25) is 10.1 Å². The Morgan fingerprint density at radius 3 is 2.95 bits per heavy atom. The summed E-state index contributed by atoms with van der Waals surface area (Å²) in [5.41, 5.74) is -0.513. The van der Waals surface area contributed by atoms with Crippen molar-refractivity contribution < 1.29 is 19.6 Å². The van der Waals surface area contributed by atoms with Gasteiger partial charge in [0.2, 0.25) is 5.82 Å². The molecule has 1 N–H and O–H groups in total. The Labute approximate surface area is 121 Å². The van der Waals surface area contributed by atoms with Crippen LogP contribution in [0.25, 0.3) is 0 Å². The monoisotopic (exact) mass is 295 g/mol. The molecule has 1 aliphatic heterocycles. The van der Waals surface area contributed by atoms with E-state index in [1.54, 1.807) is 11.9 Å². The van der Waals surface area contributed by atoms with Crippen molar-refractivity contribution in [2.24, 2.45) is 0 Å². The third-order valence-electron chi connectivity index (χ3n) is 3.40. The number of aromatic nitrogens is 1. The van der Waals surface area contributed by atoms with E-state index in [-0.39, 0.29) is 23.2 Å². The van der Waals surface area contributed by atoms with E-state index in [4.69, 9.17) is 9.84 Å². The molecule has 1 aromatic rings. The summed E-state index contributed by atoms with van der Waals surface area (Å²) in [6.07, 6.45) is 4.16. The van der Waals surface area contributed by atoms with Gasteiger partial charge >= 0.3 is 11.7 Å². The molecule has 0 aliphatic carbocycles. The fourth-order valence-corrected chi connectivity index (χ4v) is 2.33. The highest BCUT2D eigenvalue weighted by Crippen LogP contribution is 2.27. The van der Waals surface area contributed by atoms with Gasteiger partial charge in [-0.25, -0.2) is 9.78 Å². The van der Waals surface area contributed by atoms with E-state index in [2.05, 4.69) is 4.98 Å². The first-order valence-electron chi connectivity index (χ1n) is 6.69. The number of aromatic carboxylic acids is 1. The zero-order chi connectivity index (χ0) is 15.4. The average molecular weight is 295 g/mol. The van der Waals surface area contributed by atoms with E-state index in [0.29, 0.717) is 13.2 Å². The van der Waals surface area contributed by atoms with Crippen molar-refractivity contribution in [3.63, 3.8) is 0 Å². The Morgan fingerprint density at radius 1 is 1.62 bits per heavy atom. The summed E-state index contributed by atoms with van der Waals surface area (Å²) < 4.78 is 5.60. The van der Waals surface area contributed by atoms with Gasteiger partial charge in [-0.1, -0.05) is 0 Å².